The van der Waals surface area contributed by atoms with Crippen molar-refractivity contribution in [3.05, 3.63) is 40.0 Å². The quantitative estimate of drug-likeness (QED) is 0.905. The van der Waals surface area contributed by atoms with Crippen molar-refractivity contribution in [3.8, 4) is 11.4 Å². The predicted molar refractivity (Wildman–Crippen MR) is 84.8 cm³/mol. The highest BCUT2D eigenvalue weighted by Crippen LogP contribution is 2.29. The number of methoxy groups -OCH3 is 1. The zero-order chi connectivity index (χ0) is 14.5. The normalized spacial score (nSPS) is 10.6. The molecule has 2 rings (SSSR count). The molecule has 1 heterocycles. The summed E-state index contributed by atoms with van der Waals surface area (Å²) < 4.78 is 6.05. The monoisotopic (exact) mass is 335 g/mol. The van der Waals surface area contributed by atoms with Crippen molar-refractivity contribution in [2.45, 2.75) is 20.0 Å². The van der Waals surface area contributed by atoms with E-state index in [0.717, 1.165) is 33.8 Å². The van der Waals surface area contributed by atoms with Crippen LogP contribution in [0.25, 0.3) is 11.4 Å². The summed E-state index contributed by atoms with van der Waals surface area (Å²) in [6.07, 6.45) is 0.949. The van der Waals surface area contributed by atoms with Crippen LogP contribution < -0.4 is 5.32 Å². The summed E-state index contributed by atoms with van der Waals surface area (Å²) in [7, 11) is 3.51. The first kappa shape index (κ1) is 14.9. The lowest BCUT2D eigenvalue weighted by molar-refractivity contribution is 0.181. The van der Waals surface area contributed by atoms with Crippen molar-refractivity contribution >= 4 is 21.7 Å². The Hall–Kier alpha value is -1.46. The fourth-order valence-corrected chi connectivity index (χ4v) is 2.55. The molecule has 4 nitrogen and oxygen atoms in total. The number of benzene rings is 1. The topological polar surface area (TPSA) is 47.0 Å². The number of rotatable bonds is 5. The molecule has 20 heavy (non-hydrogen) atoms. The summed E-state index contributed by atoms with van der Waals surface area (Å²) in [4.78, 5) is 9.21. The molecule has 0 aliphatic rings. The molecular weight excluding hydrogens is 318 g/mol. The summed E-state index contributed by atoms with van der Waals surface area (Å²) in [5.41, 5.74) is 3.14. The van der Waals surface area contributed by atoms with Crippen LogP contribution >= 0.6 is 15.9 Å². The van der Waals surface area contributed by atoms with Crippen LogP contribution in [0, 0.1) is 0 Å². The molecule has 0 spiro atoms. The number of hydrogen-bond donors (Lipinski definition) is 1. The number of ether oxygens (including phenoxy) is 1. The Bertz CT molecular complexity index is 602. The molecule has 1 aromatic heterocycles. The minimum absolute atomic E-state index is 0.444. The van der Waals surface area contributed by atoms with Gasteiger partial charge >= 0.3 is 0 Å². The highest BCUT2D eigenvalue weighted by Gasteiger charge is 2.14. The lowest BCUT2D eigenvalue weighted by atomic mass is 10.0. The van der Waals surface area contributed by atoms with E-state index < -0.39 is 0 Å². The van der Waals surface area contributed by atoms with Gasteiger partial charge in [0.25, 0.3) is 0 Å². The van der Waals surface area contributed by atoms with E-state index in [9.17, 15) is 0 Å². The smallest absolute Gasteiger partial charge is 0.162 e. The van der Waals surface area contributed by atoms with Gasteiger partial charge in [-0.05, 0) is 27.9 Å². The van der Waals surface area contributed by atoms with Crippen molar-refractivity contribution in [2.24, 2.45) is 0 Å². The van der Waals surface area contributed by atoms with Crippen LogP contribution in [-0.2, 0) is 17.8 Å². The van der Waals surface area contributed by atoms with Gasteiger partial charge in [0, 0.05) is 19.7 Å². The Morgan fingerprint density at radius 3 is 2.65 bits per heavy atom. The fraction of sp³-hybridized carbons (Fsp3) is 0.333. The van der Waals surface area contributed by atoms with Gasteiger partial charge in [-0.15, -0.1) is 0 Å². The van der Waals surface area contributed by atoms with E-state index in [-0.39, 0.29) is 0 Å². The fourth-order valence-electron chi connectivity index (χ4n) is 2.06. The number of halogens is 1. The van der Waals surface area contributed by atoms with Crippen LogP contribution in [0.15, 0.2) is 28.7 Å². The molecular formula is C15H18BrN3O. The number of hydrogen-bond acceptors (Lipinski definition) is 4. The standard InChI is InChI=1S/C15H18BrN3O/c1-4-10-7-5-6-8-11(10)14-18-12(9-20-3)13(16)15(17-2)19-14/h5-8H,4,9H2,1-3H3,(H,17,18,19). The molecule has 0 saturated carbocycles. The third-order valence-electron chi connectivity index (χ3n) is 3.08. The zero-order valence-electron chi connectivity index (χ0n) is 11.9. The SMILES string of the molecule is CCc1ccccc1-c1nc(COC)c(Br)c(NC)n1. The second-order valence-electron chi connectivity index (χ2n) is 4.35. The third kappa shape index (κ3) is 2.99. The van der Waals surface area contributed by atoms with Crippen molar-refractivity contribution in [2.75, 3.05) is 19.5 Å². The predicted octanol–water partition coefficient (Wildman–Crippen LogP) is 3.66. The van der Waals surface area contributed by atoms with Gasteiger partial charge in [0.2, 0.25) is 0 Å². The lowest BCUT2D eigenvalue weighted by Gasteiger charge is -2.12. The van der Waals surface area contributed by atoms with Gasteiger partial charge in [-0.1, -0.05) is 31.2 Å². The Kier molecular flexibility index (Phi) is 5.09. The first-order valence-corrected chi connectivity index (χ1v) is 7.31. The summed E-state index contributed by atoms with van der Waals surface area (Å²) in [6.45, 7) is 2.58. The molecule has 2 aromatic rings. The van der Waals surface area contributed by atoms with E-state index in [1.165, 1.54) is 5.56 Å². The Balaban J connectivity index is 2.59. The van der Waals surface area contributed by atoms with Crippen LogP contribution in [0.5, 0.6) is 0 Å². The minimum Gasteiger partial charge on any atom is -0.378 e. The lowest BCUT2D eigenvalue weighted by Crippen LogP contribution is -2.05. The maximum atomic E-state index is 5.21. The largest absolute Gasteiger partial charge is 0.378 e. The summed E-state index contributed by atoms with van der Waals surface area (Å²) in [6, 6.07) is 8.21. The second kappa shape index (κ2) is 6.81. The van der Waals surface area contributed by atoms with E-state index in [1.807, 2.05) is 19.2 Å². The molecule has 106 valence electrons. The van der Waals surface area contributed by atoms with E-state index in [1.54, 1.807) is 7.11 Å². The maximum absolute atomic E-state index is 5.21. The van der Waals surface area contributed by atoms with Crippen molar-refractivity contribution in [1.82, 2.24) is 9.97 Å². The molecule has 0 bridgehead atoms. The molecule has 0 fully saturated rings. The highest BCUT2D eigenvalue weighted by atomic mass is 79.9. The van der Waals surface area contributed by atoms with E-state index in [0.29, 0.717) is 6.61 Å². The molecule has 0 atom stereocenters. The number of nitrogens with one attached hydrogen (secondary N) is 1. The van der Waals surface area contributed by atoms with Crippen molar-refractivity contribution < 1.29 is 4.74 Å². The Morgan fingerprint density at radius 1 is 1.25 bits per heavy atom. The first-order valence-electron chi connectivity index (χ1n) is 6.52. The molecule has 0 saturated heterocycles. The zero-order valence-corrected chi connectivity index (χ0v) is 13.5. The summed E-state index contributed by atoms with van der Waals surface area (Å²) in [5, 5.41) is 3.09. The average molecular weight is 336 g/mol. The molecule has 1 aromatic carbocycles. The van der Waals surface area contributed by atoms with Crippen LogP contribution in [0.2, 0.25) is 0 Å². The summed E-state index contributed by atoms with van der Waals surface area (Å²) >= 11 is 3.52. The Labute approximate surface area is 127 Å². The molecule has 0 radical (unpaired) electrons. The third-order valence-corrected chi connectivity index (χ3v) is 3.91. The van der Waals surface area contributed by atoms with E-state index in [2.05, 4.69) is 50.3 Å². The van der Waals surface area contributed by atoms with Gasteiger partial charge in [-0.2, -0.15) is 0 Å². The first-order chi connectivity index (χ1) is 9.71. The van der Waals surface area contributed by atoms with Crippen molar-refractivity contribution in [1.29, 1.82) is 0 Å². The van der Waals surface area contributed by atoms with Gasteiger partial charge in [0.15, 0.2) is 5.82 Å². The van der Waals surface area contributed by atoms with Gasteiger partial charge < -0.3 is 10.1 Å². The van der Waals surface area contributed by atoms with Crippen LogP contribution in [-0.4, -0.2) is 24.1 Å². The number of aryl methyl sites for hydroxylation is 1. The van der Waals surface area contributed by atoms with E-state index >= 15 is 0 Å². The minimum atomic E-state index is 0.444. The van der Waals surface area contributed by atoms with Gasteiger partial charge in [-0.25, -0.2) is 9.97 Å². The molecule has 0 amide bonds. The van der Waals surface area contributed by atoms with Gasteiger partial charge in [0.05, 0.1) is 16.8 Å². The summed E-state index contributed by atoms with van der Waals surface area (Å²) in [5.74, 6) is 1.50. The Morgan fingerprint density at radius 2 is 2.00 bits per heavy atom. The molecule has 0 unspecified atom stereocenters. The highest BCUT2D eigenvalue weighted by molar-refractivity contribution is 9.10. The molecule has 0 aliphatic heterocycles. The second-order valence-corrected chi connectivity index (χ2v) is 5.14. The van der Waals surface area contributed by atoms with Crippen molar-refractivity contribution in [3.63, 3.8) is 0 Å². The van der Waals surface area contributed by atoms with Crippen LogP contribution in [0.4, 0.5) is 5.82 Å². The molecule has 0 aliphatic carbocycles. The molecule has 5 heteroatoms. The van der Waals surface area contributed by atoms with Gasteiger partial charge in [0.1, 0.15) is 5.82 Å². The maximum Gasteiger partial charge on any atom is 0.162 e. The number of anilines is 1. The average Bonchev–Trinajstić information content (AvgIpc) is 2.49. The number of nitrogens with zero attached hydrogens (tertiary/aromatic N) is 2. The van der Waals surface area contributed by atoms with Crippen LogP contribution in [0.1, 0.15) is 18.2 Å². The van der Waals surface area contributed by atoms with Crippen LogP contribution in [0.3, 0.4) is 0 Å². The van der Waals surface area contributed by atoms with Gasteiger partial charge in [-0.3, -0.25) is 0 Å². The van der Waals surface area contributed by atoms with E-state index in [4.69, 9.17) is 4.74 Å². The number of aromatic nitrogens is 2. The molecule has 1 N–H and O–H groups in total.